The Kier molecular flexibility index (Phi) is 6.49. The Morgan fingerprint density at radius 3 is 2.79 bits per heavy atom. The van der Waals surface area contributed by atoms with E-state index in [1.807, 2.05) is 25.1 Å². The SMILES string of the molecule is Cc1ccc2c(N3CCC(NC(=O)OCC4CCOC4)CC3)nc(-c3ccccc3O)nc2c1.[HH].[HH]. The number of anilines is 1. The fourth-order valence-corrected chi connectivity index (χ4v) is 4.60. The van der Waals surface area contributed by atoms with Crippen LogP contribution >= 0.6 is 0 Å². The van der Waals surface area contributed by atoms with Crippen molar-refractivity contribution in [2.45, 2.75) is 32.2 Å². The Morgan fingerprint density at radius 2 is 2.03 bits per heavy atom. The number of phenols is 1. The number of piperidine rings is 1. The minimum atomic E-state index is -0.352. The molecule has 182 valence electrons. The molecule has 3 heterocycles. The highest BCUT2D eigenvalue weighted by atomic mass is 16.6. The number of para-hydroxylation sites is 1. The van der Waals surface area contributed by atoms with Gasteiger partial charge in [0.2, 0.25) is 0 Å². The maximum atomic E-state index is 12.2. The summed E-state index contributed by atoms with van der Waals surface area (Å²) in [4.78, 5) is 24.1. The summed E-state index contributed by atoms with van der Waals surface area (Å²) in [5.41, 5.74) is 2.58. The molecule has 2 aliphatic rings. The number of aromatic hydroxyl groups is 1. The molecule has 8 nitrogen and oxygen atoms in total. The number of fused-ring (bicyclic) bond motifs is 1. The van der Waals surface area contributed by atoms with Gasteiger partial charge < -0.3 is 24.8 Å². The number of phenolic OH excluding ortho intramolecular Hbond substituents is 1. The van der Waals surface area contributed by atoms with Gasteiger partial charge in [0.15, 0.2) is 5.82 Å². The number of amides is 1. The number of carbonyl (C=O) groups is 1. The molecule has 8 heteroatoms. The number of benzene rings is 2. The topological polar surface area (TPSA) is 96.8 Å². The minimum Gasteiger partial charge on any atom is -0.507 e. The average Bonchev–Trinajstić information content (AvgIpc) is 3.36. The van der Waals surface area contributed by atoms with E-state index in [2.05, 4.69) is 22.3 Å². The van der Waals surface area contributed by atoms with Crippen LogP contribution in [0.15, 0.2) is 42.5 Å². The lowest BCUT2D eigenvalue weighted by molar-refractivity contribution is 0.113. The van der Waals surface area contributed by atoms with Crippen molar-refractivity contribution in [2.75, 3.05) is 37.8 Å². The summed E-state index contributed by atoms with van der Waals surface area (Å²) in [6.45, 7) is 5.37. The molecule has 2 aromatic carbocycles. The molecule has 1 unspecified atom stereocenters. The summed E-state index contributed by atoms with van der Waals surface area (Å²) in [6.07, 6.45) is 2.19. The predicted molar refractivity (Wildman–Crippen MR) is 134 cm³/mol. The van der Waals surface area contributed by atoms with Crippen LogP contribution in [0.3, 0.4) is 0 Å². The molecule has 1 amide bonds. The first-order valence-corrected chi connectivity index (χ1v) is 11.9. The molecule has 0 spiro atoms. The van der Waals surface area contributed by atoms with E-state index < -0.39 is 0 Å². The van der Waals surface area contributed by atoms with Crippen molar-refractivity contribution in [3.63, 3.8) is 0 Å². The zero-order chi connectivity index (χ0) is 23.5. The Labute approximate surface area is 201 Å². The maximum absolute atomic E-state index is 12.2. The van der Waals surface area contributed by atoms with Crippen molar-refractivity contribution < 1.29 is 22.2 Å². The van der Waals surface area contributed by atoms with E-state index in [0.29, 0.717) is 30.5 Å². The summed E-state index contributed by atoms with van der Waals surface area (Å²) in [7, 11) is 0. The first-order valence-electron chi connectivity index (χ1n) is 11.9. The normalized spacial score (nSPS) is 18.9. The summed E-state index contributed by atoms with van der Waals surface area (Å²) < 4.78 is 10.7. The predicted octanol–water partition coefficient (Wildman–Crippen LogP) is 4.53. The van der Waals surface area contributed by atoms with Crippen LogP contribution in [0, 0.1) is 12.8 Å². The number of nitrogens with zero attached hydrogens (tertiary/aromatic N) is 3. The van der Waals surface area contributed by atoms with Gasteiger partial charge >= 0.3 is 6.09 Å². The Morgan fingerprint density at radius 1 is 1.21 bits per heavy atom. The van der Waals surface area contributed by atoms with Gasteiger partial charge in [-0.05, 0) is 56.0 Å². The molecule has 1 atom stereocenters. The molecule has 2 aliphatic heterocycles. The van der Waals surface area contributed by atoms with Gasteiger partial charge in [0.25, 0.3) is 0 Å². The van der Waals surface area contributed by atoms with Crippen molar-refractivity contribution in [3.8, 4) is 17.1 Å². The molecule has 5 rings (SSSR count). The van der Waals surface area contributed by atoms with Crippen LogP contribution in [-0.2, 0) is 9.47 Å². The number of hydrogen-bond acceptors (Lipinski definition) is 7. The van der Waals surface area contributed by atoms with Gasteiger partial charge in [-0.3, -0.25) is 0 Å². The minimum absolute atomic E-state index is 0. The van der Waals surface area contributed by atoms with E-state index in [0.717, 1.165) is 61.2 Å². The molecule has 0 bridgehead atoms. The molecule has 0 aliphatic carbocycles. The van der Waals surface area contributed by atoms with Crippen molar-refractivity contribution in [1.82, 2.24) is 15.3 Å². The average molecular weight is 467 g/mol. The van der Waals surface area contributed by atoms with Crippen LogP contribution in [-0.4, -0.2) is 60.1 Å². The van der Waals surface area contributed by atoms with Gasteiger partial charge in [0.05, 0.1) is 24.3 Å². The monoisotopic (exact) mass is 466 g/mol. The molecule has 0 saturated carbocycles. The van der Waals surface area contributed by atoms with Crippen LogP contribution in [0.1, 0.15) is 27.7 Å². The van der Waals surface area contributed by atoms with E-state index in [4.69, 9.17) is 19.4 Å². The fourth-order valence-electron chi connectivity index (χ4n) is 4.60. The molecule has 0 radical (unpaired) electrons. The first kappa shape index (κ1) is 22.4. The molecule has 2 saturated heterocycles. The summed E-state index contributed by atoms with van der Waals surface area (Å²) in [6, 6.07) is 13.4. The Bertz CT molecular complexity index is 1180. The second-order valence-electron chi connectivity index (χ2n) is 9.14. The highest BCUT2D eigenvalue weighted by Crippen LogP contribution is 2.33. The second-order valence-corrected chi connectivity index (χ2v) is 9.14. The lowest BCUT2D eigenvalue weighted by Crippen LogP contribution is -2.45. The summed E-state index contributed by atoms with van der Waals surface area (Å²) in [5.74, 6) is 1.82. The third-order valence-corrected chi connectivity index (χ3v) is 6.57. The Hall–Kier alpha value is -3.39. The van der Waals surface area contributed by atoms with Crippen LogP contribution in [0.4, 0.5) is 10.6 Å². The van der Waals surface area contributed by atoms with Gasteiger partial charge in [-0.15, -0.1) is 0 Å². The van der Waals surface area contributed by atoms with Crippen LogP contribution in [0.5, 0.6) is 5.75 Å². The van der Waals surface area contributed by atoms with Crippen LogP contribution < -0.4 is 10.2 Å². The Balaban J connectivity index is 0.00000180. The van der Waals surface area contributed by atoms with Gasteiger partial charge in [-0.2, -0.15) is 0 Å². The number of aromatic nitrogens is 2. The summed E-state index contributed by atoms with van der Waals surface area (Å²) >= 11 is 0. The van der Waals surface area contributed by atoms with E-state index in [1.54, 1.807) is 12.1 Å². The van der Waals surface area contributed by atoms with E-state index in [9.17, 15) is 9.90 Å². The largest absolute Gasteiger partial charge is 0.507 e. The van der Waals surface area contributed by atoms with Crippen molar-refractivity contribution in [2.24, 2.45) is 5.92 Å². The van der Waals surface area contributed by atoms with E-state index >= 15 is 0 Å². The van der Waals surface area contributed by atoms with Crippen molar-refractivity contribution in [3.05, 3.63) is 48.0 Å². The van der Waals surface area contributed by atoms with E-state index in [-0.39, 0.29) is 20.7 Å². The van der Waals surface area contributed by atoms with E-state index in [1.165, 1.54) is 0 Å². The number of aryl methyl sites for hydroxylation is 1. The fraction of sp³-hybridized carbons (Fsp3) is 0.423. The number of carbonyl (C=O) groups excluding carboxylic acids is 1. The van der Waals surface area contributed by atoms with Gasteiger partial charge in [-0.1, -0.05) is 18.2 Å². The number of alkyl carbamates (subject to hydrolysis) is 1. The molecule has 2 fully saturated rings. The lowest BCUT2D eigenvalue weighted by atomic mass is 10.0. The molecule has 34 heavy (non-hydrogen) atoms. The lowest BCUT2D eigenvalue weighted by Gasteiger charge is -2.33. The zero-order valence-corrected chi connectivity index (χ0v) is 19.4. The summed E-state index contributed by atoms with van der Waals surface area (Å²) in [5, 5.41) is 14.4. The van der Waals surface area contributed by atoms with Crippen molar-refractivity contribution >= 4 is 22.8 Å². The molecular formula is C26H34N4O4. The molecular weight excluding hydrogens is 432 g/mol. The number of nitrogens with one attached hydrogen (secondary N) is 1. The number of ether oxygens (including phenoxy) is 2. The standard InChI is InChI=1S/C26H30N4O4.2H2/c1-17-6-7-20-22(14-17)28-24(21-4-2-3-5-23(21)31)29-25(20)30-11-8-19(9-12-30)27-26(32)34-16-18-10-13-33-15-18;;/h2-7,14,18-19,31H,8-13,15-16H2,1H3,(H,27,32);2*1H. The number of rotatable bonds is 5. The first-order chi connectivity index (χ1) is 16.6. The molecule has 2 N–H and O–H groups in total. The smallest absolute Gasteiger partial charge is 0.407 e. The zero-order valence-electron chi connectivity index (χ0n) is 19.4. The molecule has 1 aromatic heterocycles. The third-order valence-electron chi connectivity index (χ3n) is 6.57. The van der Waals surface area contributed by atoms with Gasteiger partial charge in [-0.25, -0.2) is 14.8 Å². The van der Waals surface area contributed by atoms with Crippen molar-refractivity contribution in [1.29, 1.82) is 0 Å². The van der Waals surface area contributed by atoms with Crippen LogP contribution in [0.25, 0.3) is 22.3 Å². The van der Waals surface area contributed by atoms with Gasteiger partial charge in [0.1, 0.15) is 11.6 Å². The van der Waals surface area contributed by atoms with Crippen LogP contribution in [0.2, 0.25) is 0 Å². The van der Waals surface area contributed by atoms with Gasteiger partial charge in [0, 0.05) is 39.9 Å². The highest BCUT2D eigenvalue weighted by Gasteiger charge is 2.25. The highest BCUT2D eigenvalue weighted by molar-refractivity contribution is 5.92. The number of hydrogen-bond donors (Lipinski definition) is 2. The maximum Gasteiger partial charge on any atom is 0.407 e. The third kappa shape index (κ3) is 4.92. The second kappa shape index (κ2) is 9.85. The quantitative estimate of drug-likeness (QED) is 0.570. The molecule has 3 aromatic rings.